The molecule has 4 nitrogen and oxygen atoms in total. The first kappa shape index (κ1) is 16.5. The Morgan fingerprint density at radius 3 is 2.62 bits per heavy atom. The Bertz CT molecular complexity index is 813. The van der Waals surface area contributed by atoms with E-state index in [1.165, 1.54) is 0 Å². The van der Waals surface area contributed by atoms with E-state index in [2.05, 4.69) is 10.3 Å². The SMILES string of the molecule is O=C(N[C@H]1CCCC[C@@H]1C(F)(F)F)c1cc(=O)[nH]c2ccccc12. The van der Waals surface area contributed by atoms with Crippen LogP contribution in [-0.4, -0.2) is 23.1 Å². The number of pyridine rings is 1. The number of hydrogen-bond donors (Lipinski definition) is 2. The number of nitrogens with one attached hydrogen (secondary N) is 2. The highest BCUT2D eigenvalue weighted by molar-refractivity contribution is 6.06. The highest BCUT2D eigenvalue weighted by Gasteiger charge is 2.46. The number of carbonyl (C=O) groups excluding carboxylic acids is 1. The number of carbonyl (C=O) groups is 1. The van der Waals surface area contributed by atoms with Gasteiger partial charge in [-0.2, -0.15) is 13.2 Å². The van der Waals surface area contributed by atoms with Gasteiger partial charge in [-0.05, 0) is 18.9 Å². The van der Waals surface area contributed by atoms with Crippen LogP contribution in [-0.2, 0) is 0 Å². The van der Waals surface area contributed by atoms with Gasteiger partial charge in [0.25, 0.3) is 5.91 Å². The lowest BCUT2D eigenvalue weighted by molar-refractivity contribution is -0.187. The molecule has 7 heteroatoms. The molecule has 0 bridgehead atoms. The van der Waals surface area contributed by atoms with Crippen molar-refractivity contribution in [1.82, 2.24) is 10.3 Å². The Morgan fingerprint density at radius 1 is 1.17 bits per heavy atom. The number of hydrogen-bond acceptors (Lipinski definition) is 2. The van der Waals surface area contributed by atoms with Crippen LogP contribution >= 0.6 is 0 Å². The van der Waals surface area contributed by atoms with Gasteiger partial charge in [-0.25, -0.2) is 0 Å². The summed E-state index contributed by atoms with van der Waals surface area (Å²) in [5, 5.41) is 3.01. The average Bonchev–Trinajstić information content (AvgIpc) is 2.53. The molecule has 1 saturated carbocycles. The zero-order valence-electron chi connectivity index (χ0n) is 12.8. The first-order chi connectivity index (χ1) is 11.4. The van der Waals surface area contributed by atoms with Gasteiger partial charge in [0.1, 0.15) is 0 Å². The number of aromatic nitrogens is 1. The molecule has 1 aliphatic rings. The molecule has 0 unspecified atom stereocenters. The number of halogens is 3. The summed E-state index contributed by atoms with van der Waals surface area (Å²) < 4.78 is 39.5. The van der Waals surface area contributed by atoms with Crippen molar-refractivity contribution in [3.63, 3.8) is 0 Å². The topological polar surface area (TPSA) is 62.0 Å². The van der Waals surface area contributed by atoms with Crippen molar-refractivity contribution in [1.29, 1.82) is 0 Å². The molecule has 0 aliphatic heterocycles. The minimum absolute atomic E-state index is 0.0184. The summed E-state index contributed by atoms with van der Waals surface area (Å²) in [7, 11) is 0. The van der Waals surface area contributed by atoms with Crippen LogP contribution in [0.3, 0.4) is 0 Å². The van der Waals surface area contributed by atoms with Crippen molar-refractivity contribution in [3.8, 4) is 0 Å². The molecule has 2 aromatic rings. The van der Waals surface area contributed by atoms with Gasteiger partial charge in [0.05, 0.1) is 11.5 Å². The zero-order chi connectivity index (χ0) is 17.3. The van der Waals surface area contributed by atoms with Crippen molar-refractivity contribution >= 4 is 16.8 Å². The standard InChI is InChI=1S/C17H17F3N2O2/c18-17(19,20)12-6-2-4-8-14(12)22-16(24)11-9-15(23)21-13-7-3-1-5-10(11)13/h1,3,5,7,9,12,14H,2,4,6,8H2,(H,21,23)(H,22,24)/t12-,14-/m0/s1. The van der Waals surface area contributed by atoms with Crippen LogP contribution < -0.4 is 10.9 Å². The number of amides is 1. The van der Waals surface area contributed by atoms with Crippen molar-refractivity contribution in [2.75, 3.05) is 0 Å². The molecule has 1 fully saturated rings. The van der Waals surface area contributed by atoms with Crippen LogP contribution in [0.5, 0.6) is 0 Å². The molecule has 0 saturated heterocycles. The predicted octanol–water partition coefficient (Wildman–Crippen LogP) is 3.38. The molecule has 1 aliphatic carbocycles. The van der Waals surface area contributed by atoms with Crippen molar-refractivity contribution < 1.29 is 18.0 Å². The maximum absolute atomic E-state index is 13.2. The molecule has 0 spiro atoms. The van der Waals surface area contributed by atoms with Crippen molar-refractivity contribution in [3.05, 3.63) is 46.2 Å². The number of para-hydroxylation sites is 1. The fourth-order valence-corrected chi connectivity index (χ4v) is 3.33. The number of alkyl halides is 3. The summed E-state index contributed by atoms with van der Waals surface area (Å²) in [5.41, 5.74) is 0.113. The van der Waals surface area contributed by atoms with Crippen LogP contribution in [0.1, 0.15) is 36.0 Å². The number of fused-ring (bicyclic) bond motifs is 1. The van der Waals surface area contributed by atoms with E-state index in [0.717, 1.165) is 6.07 Å². The molecule has 1 aromatic carbocycles. The van der Waals surface area contributed by atoms with E-state index >= 15 is 0 Å². The molecular formula is C17H17F3N2O2. The number of H-pyrrole nitrogens is 1. The Hall–Kier alpha value is -2.31. The minimum Gasteiger partial charge on any atom is -0.349 e. The van der Waals surface area contributed by atoms with Gasteiger partial charge in [-0.3, -0.25) is 9.59 Å². The second kappa shape index (κ2) is 6.30. The van der Waals surface area contributed by atoms with Gasteiger partial charge in [0.15, 0.2) is 0 Å². The van der Waals surface area contributed by atoms with E-state index in [0.29, 0.717) is 23.7 Å². The van der Waals surface area contributed by atoms with E-state index < -0.39 is 29.6 Å². The van der Waals surface area contributed by atoms with Gasteiger partial charge in [0, 0.05) is 23.0 Å². The highest BCUT2D eigenvalue weighted by Crippen LogP contribution is 2.37. The molecule has 2 atom stereocenters. The summed E-state index contributed by atoms with van der Waals surface area (Å²) in [6, 6.07) is 6.89. The molecule has 1 amide bonds. The summed E-state index contributed by atoms with van der Waals surface area (Å²) in [4.78, 5) is 26.8. The number of rotatable bonds is 2. The third kappa shape index (κ3) is 3.29. The lowest BCUT2D eigenvalue weighted by atomic mass is 9.84. The smallest absolute Gasteiger partial charge is 0.349 e. The van der Waals surface area contributed by atoms with Crippen LogP contribution in [0.25, 0.3) is 10.9 Å². The Kier molecular flexibility index (Phi) is 4.34. The fourth-order valence-electron chi connectivity index (χ4n) is 3.33. The third-order valence-corrected chi connectivity index (χ3v) is 4.50. The molecule has 128 valence electrons. The summed E-state index contributed by atoms with van der Waals surface area (Å²) in [5.74, 6) is -2.18. The summed E-state index contributed by atoms with van der Waals surface area (Å²) in [6.45, 7) is 0. The van der Waals surface area contributed by atoms with Crippen LogP contribution in [0.4, 0.5) is 13.2 Å². The third-order valence-electron chi connectivity index (χ3n) is 4.50. The van der Waals surface area contributed by atoms with Crippen molar-refractivity contribution in [2.24, 2.45) is 5.92 Å². The number of aromatic amines is 1. The maximum atomic E-state index is 13.2. The van der Waals surface area contributed by atoms with E-state index in [-0.39, 0.29) is 18.4 Å². The lowest BCUT2D eigenvalue weighted by Gasteiger charge is -2.33. The number of benzene rings is 1. The molecule has 3 rings (SSSR count). The molecule has 24 heavy (non-hydrogen) atoms. The van der Waals surface area contributed by atoms with E-state index in [9.17, 15) is 22.8 Å². The van der Waals surface area contributed by atoms with E-state index in [1.54, 1.807) is 24.3 Å². The molecule has 2 N–H and O–H groups in total. The molecule has 0 radical (unpaired) electrons. The normalized spacial score (nSPS) is 21.6. The lowest BCUT2D eigenvalue weighted by Crippen LogP contribution is -2.47. The predicted molar refractivity (Wildman–Crippen MR) is 83.8 cm³/mol. The average molecular weight is 338 g/mol. The zero-order valence-corrected chi connectivity index (χ0v) is 12.8. The maximum Gasteiger partial charge on any atom is 0.393 e. The van der Waals surface area contributed by atoms with Gasteiger partial charge >= 0.3 is 6.18 Å². The first-order valence-corrected chi connectivity index (χ1v) is 7.86. The van der Waals surface area contributed by atoms with Crippen LogP contribution in [0.2, 0.25) is 0 Å². The van der Waals surface area contributed by atoms with Crippen LogP contribution in [0, 0.1) is 5.92 Å². The van der Waals surface area contributed by atoms with E-state index in [4.69, 9.17) is 0 Å². The molecular weight excluding hydrogens is 321 g/mol. The Morgan fingerprint density at radius 2 is 1.88 bits per heavy atom. The molecule has 1 heterocycles. The second-order valence-electron chi connectivity index (χ2n) is 6.11. The van der Waals surface area contributed by atoms with Crippen LogP contribution in [0.15, 0.2) is 35.1 Å². The summed E-state index contributed by atoms with van der Waals surface area (Å²) >= 11 is 0. The first-order valence-electron chi connectivity index (χ1n) is 7.86. The monoisotopic (exact) mass is 338 g/mol. The Balaban J connectivity index is 1.91. The quantitative estimate of drug-likeness (QED) is 0.882. The van der Waals surface area contributed by atoms with Crippen molar-refractivity contribution in [2.45, 2.75) is 37.9 Å². The van der Waals surface area contributed by atoms with Gasteiger partial charge < -0.3 is 10.3 Å². The fraction of sp³-hybridized carbons (Fsp3) is 0.412. The second-order valence-corrected chi connectivity index (χ2v) is 6.11. The molecule has 1 aromatic heterocycles. The Labute approximate surface area is 136 Å². The minimum atomic E-state index is -4.34. The highest BCUT2D eigenvalue weighted by atomic mass is 19.4. The van der Waals surface area contributed by atoms with E-state index in [1.807, 2.05) is 0 Å². The summed E-state index contributed by atoms with van der Waals surface area (Å²) in [6.07, 6.45) is -2.88. The van der Waals surface area contributed by atoms with Gasteiger partial charge in [-0.1, -0.05) is 31.0 Å². The largest absolute Gasteiger partial charge is 0.393 e. The van der Waals surface area contributed by atoms with Gasteiger partial charge in [-0.15, -0.1) is 0 Å². The van der Waals surface area contributed by atoms with Gasteiger partial charge in [0.2, 0.25) is 5.56 Å².